The van der Waals surface area contributed by atoms with Gasteiger partial charge in [0.1, 0.15) is 0 Å². The van der Waals surface area contributed by atoms with Crippen molar-refractivity contribution in [3.63, 3.8) is 0 Å². The molecule has 31 heavy (non-hydrogen) atoms. The van der Waals surface area contributed by atoms with Crippen LogP contribution < -0.4 is 15.0 Å². The van der Waals surface area contributed by atoms with E-state index in [9.17, 15) is 4.79 Å². The van der Waals surface area contributed by atoms with Crippen LogP contribution in [0.3, 0.4) is 0 Å². The summed E-state index contributed by atoms with van der Waals surface area (Å²) < 4.78 is 12.0. The summed E-state index contributed by atoms with van der Waals surface area (Å²) in [6.45, 7) is 2.00. The van der Waals surface area contributed by atoms with E-state index in [1.165, 1.54) is 4.68 Å². The van der Waals surface area contributed by atoms with Gasteiger partial charge in [-0.15, -0.1) is 0 Å². The monoisotopic (exact) mass is 433 g/mol. The highest BCUT2D eigenvalue weighted by molar-refractivity contribution is 6.31. The van der Waals surface area contributed by atoms with Gasteiger partial charge in [-0.2, -0.15) is 9.78 Å². The molecule has 0 unspecified atom stereocenters. The number of halogens is 1. The van der Waals surface area contributed by atoms with Crippen molar-refractivity contribution < 1.29 is 9.47 Å². The molecular weight excluding hydrogens is 414 g/mol. The molecule has 0 saturated carbocycles. The number of rotatable bonds is 5. The molecule has 0 atom stereocenters. The molecule has 4 rings (SSSR count). The Morgan fingerprint density at radius 2 is 1.81 bits per heavy atom. The molecule has 1 aromatic heterocycles. The van der Waals surface area contributed by atoms with Crippen LogP contribution in [0.1, 0.15) is 11.1 Å². The van der Waals surface area contributed by atoms with Crippen LogP contribution in [0.5, 0.6) is 11.5 Å². The topological polar surface area (TPSA) is 65.7 Å². The van der Waals surface area contributed by atoms with E-state index in [0.29, 0.717) is 38.8 Å². The highest BCUT2D eigenvalue weighted by atomic mass is 35.5. The Hall–Kier alpha value is -3.64. The van der Waals surface area contributed by atoms with Gasteiger partial charge < -0.3 is 9.47 Å². The molecule has 0 saturated heterocycles. The fraction of sp³-hybridized carbons (Fsp3) is 0.125. The Bertz CT molecular complexity index is 1360. The van der Waals surface area contributed by atoms with Crippen molar-refractivity contribution in [2.24, 2.45) is 5.10 Å². The molecule has 0 amide bonds. The van der Waals surface area contributed by atoms with E-state index in [4.69, 9.17) is 26.1 Å². The smallest absolute Gasteiger partial charge is 0.282 e. The third kappa shape index (κ3) is 4.15. The Balaban J connectivity index is 1.96. The maximum absolute atomic E-state index is 13.3. The largest absolute Gasteiger partial charge is 0.493 e. The van der Waals surface area contributed by atoms with Crippen LogP contribution >= 0.6 is 11.6 Å². The van der Waals surface area contributed by atoms with Crippen LogP contribution in [0.4, 0.5) is 0 Å². The molecule has 7 heteroatoms. The fourth-order valence-electron chi connectivity index (χ4n) is 3.29. The molecule has 0 bridgehead atoms. The molecule has 0 aliphatic rings. The van der Waals surface area contributed by atoms with Crippen molar-refractivity contribution in [2.45, 2.75) is 6.92 Å². The molecule has 0 aliphatic heterocycles. The van der Waals surface area contributed by atoms with Crippen molar-refractivity contribution in [2.75, 3.05) is 14.2 Å². The molecule has 0 spiro atoms. The van der Waals surface area contributed by atoms with E-state index in [-0.39, 0.29) is 5.56 Å². The van der Waals surface area contributed by atoms with Gasteiger partial charge >= 0.3 is 0 Å². The predicted octanol–water partition coefficient (Wildman–Crippen LogP) is 4.92. The second kappa shape index (κ2) is 8.62. The first-order chi connectivity index (χ1) is 15.0. The molecule has 1 heterocycles. The summed E-state index contributed by atoms with van der Waals surface area (Å²) >= 11 is 6.14. The second-order valence-electron chi connectivity index (χ2n) is 6.94. The highest BCUT2D eigenvalue weighted by Crippen LogP contribution is 2.32. The number of ether oxygens (including phenoxy) is 2. The summed E-state index contributed by atoms with van der Waals surface area (Å²) in [5, 5.41) is 5.40. The summed E-state index contributed by atoms with van der Waals surface area (Å²) in [4.78, 5) is 18.0. The van der Waals surface area contributed by atoms with Crippen LogP contribution in [-0.2, 0) is 0 Å². The quantitative estimate of drug-likeness (QED) is 0.419. The molecule has 156 valence electrons. The fourth-order valence-corrected chi connectivity index (χ4v) is 3.46. The van der Waals surface area contributed by atoms with E-state index in [2.05, 4.69) is 5.10 Å². The number of nitrogens with zero attached hydrogens (tertiary/aromatic N) is 3. The lowest BCUT2D eigenvalue weighted by atomic mass is 10.1. The molecule has 3 aromatic carbocycles. The zero-order valence-corrected chi connectivity index (χ0v) is 18.1. The van der Waals surface area contributed by atoms with Crippen LogP contribution in [-0.4, -0.2) is 30.1 Å². The number of benzene rings is 3. The third-order valence-corrected chi connectivity index (χ3v) is 5.05. The SMILES string of the molecule is COc1ccc(-c2nc3cc(Cl)ccc3c(=O)n2N=Cc2cccc(C)c2)cc1OC. The number of fused-ring (bicyclic) bond motifs is 1. The van der Waals surface area contributed by atoms with Crippen LogP contribution in [0.2, 0.25) is 5.02 Å². The Kier molecular flexibility index (Phi) is 5.73. The Morgan fingerprint density at radius 1 is 1.00 bits per heavy atom. The maximum Gasteiger partial charge on any atom is 0.282 e. The second-order valence-corrected chi connectivity index (χ2v) is 7.38. The van der Waals surface area contributed by atoms with Gasteiger partial charge in [-0.1, -0.05) is 41.4 Å². The van der Waals surface area contributed by atoms with Gasteiger partial charge in [0.25, 0.3) is 5.56 Å². The number of aryl methyl sites for hydroxylation is 1. The van der Waals surface area contributed by atoms with E-state index in [0.717, 1.165) is 11.1 Å². The van der Waals surface area contributed by atoms with Crippen molar-refractivity contribution in [3.8, 4) is 22.9 Å². The lowest BCUT2D eigenvalue weighted by Gasteiger charge is -2.12. The van der Waals surface area contributed by atoms with E-state index in [1.54, 1.807) is 56.8 Å². The van der Waals surface area contributed by atoms with Gasteiger partial charge in [0.15, 0.2) is 17.3 Å². The summed E-state index contributed by atoms with van der Waals surface area (Å²) in [5.74, 6) is 1.46. The predicted molar refractivity (Wildman–Crippen MR) is 124 cm³/mol. The number of hydrogen-bond donors (Lipinski definition) is 0. The minimum atomic E-state index is -0.296. The van der Waals surface area contributed by atoms with Gasteiger partial charge in [-0.3, -0.25) is 4.79 Å². The molecule has 6 nitrogen and oxygen atoms in total. The number of aromatic nitrogens is 2. The average molecular weight is 434 g/mol. The summed E-state index contributed by atoms with van der Waals surface area (Å²) in [7, 11) is 3.12. The first kappa shape index (κ1) is 20.6. The number of hydrogen-bond acceptors (Lipinski definition) is 5. The molecule has 0 aliphatic carbocycles. The van der Waals surface area contributed by atoms with Gasteiger partial charge in [-0.05, 0) is 48.9 Å². The summed E-state index contributed by atoms with van der Waals surface area (Å²) in [5.41, 5.74) is 2.82. The zero-order valence-electron chi connectivity index (χ0n) is 17.3. The van der Waals surface area contributed by atoms with Gasteiger partial charge in [-0.25, -0.2) is 4.98 Å². The van der Waals surface area contributed by atoms with Crippen LogP contribution in [0.25, 0.3) is 22.3 Å². The Labute approximate surface area is 184 Å². The minimum Gasteiger partial charge on any atom is -0.493 e. The van der Waals surface area contributed by atoms with Crippen molar-refractivity contribution in [3.05, 3.63) is 87.2 Å². The zero-order chi connectivity index (χ0) is 22.0. The molecule has 0 fully saturated rings. The van der Waals surface area contributed by atoms with Gasteiger partial charge in [0, 0.05) is 10.6 Å². The first-order valence-electron chi connectivity index (χ1n) is 9.56. The standard InChI is InChI=1S/C24H20ClN3O3/c1-15-5-4-6-16(11-15)14-26-28-23(17-7-10-21(30-2)22(12-17)31-3)27-20-13-18(25)8-9-19(20)24(28)29/h4-14H,1-3H3. The normalized spacial score (nSPS) is 11.2. The number of methoxy groups -OCH3 is 2. The lowest BCUT2D eigenvalue weighted by Crippen LogP contribution is -2.20. The third-order valence-electron chi connectivity index (χ3n) is 4.82. The van der Waals surface area contributed by atoms with Crippen LogP contribution in [0.15, 0.2) is 70.6 Å². The summed E-state index contributed by atoms with van der Waals surface area (Å²) in [6.07, 6.45) is 1.64. The highest BCUT2D eigenvalue weighted by Gasteiger charge is 2.15. The van der Waals surface area contributed by atoms with E-state index < -0.39 is 0 Å². The molecule has 0 N–H and O–H groups in total. The van der Waals surface area contributed by atoms with Crippen molar-refractivity contribution in [1.29, 1.82) is 0 Å². The summed E-state index contributed by atoms with van der Waals surface area (Å²) in [6, 6.07) is 18.2. The molecule has 4 aromatic rings. The van der Waals surface area contributed by atoms with Crippen molar-refractivity contribution >= 4 is 28.7 Å². The molecule has 0 radical (unpaired) electrons. The maximum atomic E-state index is 13.3. The lowest BCUT2D eigenvalue weighted by molar-refractivity contribution is 0.355. The Morgan fingerprint density at radius 3 is 2.55 bits per heavy atom. The first-order valence-corrected chi connectivity index (χ1v) is 9.93. The van der Waals surface area contributed by atoms with Crippen LogP contribution in [0, 0.1) is 6.92 Å². The molecular formula is C24H20ClN3O3. The van der Waals surface area contributed by atoms with Gasteiger partial charge in [0.2, 0.25) is 0 Å². The van der Waals surface area contributed by atoms with Gasteiger partial charge in [0.05, 0.1) is 31.3 Å². The minimum absolute atomic E-state index is 0.296. The van der Waals surface area contributed by atoms with E-state index in [1.807, 2.05) is 31.2 Å². The average Bonchev–Trinajstić information content (AvgIpc) is 2.77. The van der Waals surface area contributed by atoms with Crippen molar-refractivity contribution in [1.82, 2.24) is 9.66 Å². The van der Waals surface area contributed by atoms with E-state index >= 15 is 0 Å².